The summed E-state index contributed by atoms with van der Waals surface area (Å²) < 4.78 is 19.8. The zero-order valence-electron chi connectivity index (χ0n) is 18.5. The number of esters is 1. The van der Waals surface area contributed by atoms with Crippen LogP contribution < -0.4 is 0 Å². The van der Waals surface area contributed by atoms with E-state index in [1.165, 1.54) is 12.1 Å². The summed E-state index contributed by atoms with van der Waals surface area (Å²) in [6.07, 6.45) is 16.6. The van der Waals surface area contributed by atoms with Gasteiger partial charge in [0, 0.05) is 6.08 Å². The van der Waals surface area contributed by atoms with E-state index in [-0.39, 0.29) is 29.5 Å². The quantitative estimate of drug-likeness (QED) is 0.279. The molecule has 32 heavy (non-hydrogen) atoms. The van der Waals surface area contributed by atoms with Gasteiger partial charge in [0.1, 0.15) is 18.0 Å². The first kappa shape index (κ1) is 23.7. The second-order valence-electron chi connectivity index (χ2n) is 8.97. The molecule has 4 nitrogen and oxygen atoms in total. The van der Waals surface area contributed by atoms with Gasteiger partial charge in [-0.1, -0.05) is 24.3 Å². The number of hydrogen-bond donors (Lipinski definition) is 0. The number of allylic oxidation sites excluding steroid dienone is 4. The fourth-order valence-corrected chi connectivity index (χ4v) is 4.94. The number of carbonyl (C=O) groups excluding carboxylic acids is 1. The number of ether oxygens (including phenoxy) is 1. The van der Waals surface area contributed by atoms with Crippen LogP contribution in [0.2, 0.25) is 0 Å². The van der Waals surface area contributed by atoms with Gasteiger partial charge in [0.25, 0.3) is 0 Å². The molecule has 0 atom stereocenters. The summed E-state index contributed by atoms with van der Waals surface area (Å²) in [5.41, 5.74) is 1.01. The van der Waals surface area contributed by atoms with Crippen LogP contribution in [0, 0.1) is 40.3 Å². The van der Waals surface area contributed by atoms with Crippen molar-refractivity contribution in [1.82, 2.24) is 0 Å². The topological polar surface area (TPSA) is 73.9 Å². The maximum Gasteiger partial charge on any atom is 0.309 e. The van der Waals surface area contributed by atoms with Gasteiger partial charge in [-0.3, -0.25) is 4.79 Å². The Kier molecular flexibility index (Phi) is 9.05. The molecule has 2 saturated carbocycles. The van der Waals surface area contributed by atoms with Crippen LogP contribution >= 0.6 is 0 Å². The molecule has 0 unspecified atom stereocenters. The van der Waals surface area contributed by atoms with E-state index in [1.54, 1.807) is 12.1 Å². The molecule has 5 heteroatoms. The second-order valence-corrected chi connectivity index (χ2v) is 8.97. The number of halogens is 1. The molecular weight excluding hydrogens is 403 g/mol. The van der Waals surface area contributed by atoms with Crippen molar-refractivity contribution in [2.45, 2.75) is 76.2 Å². The minimum absolute atomic E-state index is 0.0192. The molecule has 0 spiro atoms. The highest BCUT2D eigenvalue weighted by molar-refractivity contribution is 5.72. The molecule has 1 aromatic carbocycles. The Morgan fingerprint density at radius 3 is 2.47 bits per heavy atom. The normalized spacial score (nSPS) is 26.0. The van der Waals surface area contributed by atoms with Gasteiger partial charge in [-0.15, -0.1) is 0 Å². The van der Waals surface area contributed by atoms with Crippen LogP contribution in [0.4, 0.5) is 4.39 Å². The summed E-state index contributed by atoms with van der Waals surface area (Å²) in [5.74, 6) is 0.434. The Balaban J connectivity index is 1.36. The summed E-state index contributed by atoms with van der Waals surface area (Å²) in [6.45, 7) is 0. The summed E-state index contributed by atoms with van der Waals surface area (Å²) >= 11 is 0. The molecule has 2 aliphatic rings. The molecule has 0 radical (unpaired) electrons. The Bertz CT molecular complexity index is 909. The highest BCUT2D eigenvalue weighted by Crippen LogP contribution is 2.36. The van der Waals surface area contributed by atoms with Gasteiger partial charge in [0.2, 0.25) is 0 Å². The van der Waals surface area contributed by atoms with Crippen LogP contribution in [-0.2, 0) is 9.53 Å². The SMILES string of the molecule is N#CC=CC=CCC[C@H]1CC[C@H](C(=O)O[C@H]2CC[C@H](c3ccc(C#N)c(F)c3)CC2)CC1. The number of rotatable bonds is 7. The monoisotopic (exact) mass is 434 g/mol. The third-order valence-electron chi connectivity index (χ3n) is 6.88. The summed E-state index contributed by atoms with van der Waals surface area (Å²) in [5, 5.41) is 17.3. The van der Waals surface area contributed by atoms with Crippen LogP contribution in [0.3, 0.4) is 0 Å². The van der Waals surface area contributed by atoms with Crippen molar-refractivity contribution in [2.75, 3.05) is 0 Å². The molecule has 0 aliphatic heterocycles. The van der Waals surface area contributed by atoms with E-state index < -0.39 is 5.82 Å². The van der Waals surface area contributed by atoms with E-state index in [1.807, 2.05) is 24.3 Å². The van der Waals surface area contributed by atoms with E-state index in [0.717, 1.165) is 69.8 Å². The molecule has 3 rings (SSSR count). The van der Waals surface area contributed by atoms with Gasteiger partial charge in [-0.05, 0) is 93.7 Å². The Morgan fingerprint density at radius 1 is 1.06 bits per heavy atom. The van der Waals surface area contributed by atoms with Crippen molar-refractivity contribution >= 4 is 5.97 Å². The van der Waals surface area contributed by atoms with E-state index >= 15 is 0 Å². The summed E-state index contributed by atoms with van der Waals surface area (Å²) in [7, 11) is 0. The zero-order valence-corrected chi connectivity index (χ0v) is 18.5. The fourth-order valence-electron chi connectivity index (χ4n) is 4.94. The van der Waals surface area contributed by atoms with Crippen LogP contribution in [0.1, 0.15) is 81.3 Å². The lowest BCUT2D eigenvalue weighted by Gasteiger charge is -2.31. The Labute approximate surface area is 190 Å². The Hall–Kier alpha value is -2.92. The lowest BCUT2D eigenvalue weighted by atomic mass is 9.79. The number of nitriles is 2. The fraction of sp³-hybridized carbons (Fsp3) is 0.519. The third kappa shape index (κ3) is 6.79. The van der Waals surface area contributed by atoms with E-state index in [0.29, 0.717) is 5.92 Å². The smallest absolute Gasteiger partial charge is 0.309 e. The molecule has 1 aromatic rings. The molecule has 0 heterocycles. The minimum atomic E-state index is -0.457. The molecule has 0 aromatic heterocycles. The molecule has 0 saturated heterocycles. The van der Waals surface area contributed by atoms with Crippen LogP contribution in [-0.4, -0.2) is 12.1 Å². The minimum Gasteiger partial charge on any atom is -0.462 e. The van der Waals surface area contributed by atoms with Crippen LogP contribution in [0.15, 0.2) is 42.5 Å². The number of hydrogen-bond acceptors (Lipinski definition) is 4. The van der Waals surface area contributed by atoms with Crippen molar-refractivity contribution in [1.29, 1.82) is 10.5 Å². The maximum atomic E-state index is 13.9. The second kappa shape index (κ2) is 12.2. The first-order valence-corrected chi connectivity index (χ1v) is 11.7. The number of carbonyl (C=O) groups is 1. The molecule has 2 aliphatic carbocycles. The molecule has 0 bridgehead atoms. The first-order chi connectivity index (χ1) is 15.6. The van der Waals surface area contributed by atoms with Crippen LogP contribution in [0.25, 0.3) is 0 Å². The largest absolute Gasteiger partial charge is 0.462 e. The molecule has 0 amide bonds. The predicted molar refractivity (Wildman–Crippen MR) is 121 cm³/mol. The Morgan fingerprint density at radius 2 is 1.81 bits per heavy atom. The van der Waals surface area contributed by atoms with Crippen molar-refractivity contribution in [3.8, 4) is 12.1 Å². The highest BCUT2D eigenvalue weighted by Gasteiger charge is 2.31. The first-order valence-electron chi connectivity index (χ1n) is 11.7. The average Bonchev–Trinajstić information content (AvgIpc) is 2.82. The third-order valence-corrected chi connectivity index (χ3v) is 6.88. The molecular formula is C27H31FN2O2. The van der Waals surface area contributed by atoms with Gasteiger partial charge in [-0.2, -0.15) is 10.5 Å². The van der Waals surface area contributed by atoms with Gasteiger partial charge < -0.3 is 4.74 Å². The molecule has 168 valence electrons. The zero-order chi connectivity index (χ0) is 22.8. The van der Waals surface area contributed by atoms with Gasteiger partial charge >= 0.3 is 5.97 Å². The van der Waals surface area contributed by atoms with Crippen molar-refractivity contribution in [3.05, 3.63) is 59.4 Å². The summed E-state index contributed by atoms with van der Waals surface area (Å²) in [4.78, 5) is 12.7. The van der Waals surface area contributed by atoms with E-state index in [9.17, 15) is 9.18 Å². The highest BCUT2D eigenvalue weighted by atomic mass is 19.1. The number of nitrogens with zero attached hydrogens (tertiary/aromatic N) is 2. The van der Waals surface area contributed by atoms with Gasteiger partial charge in [0.05, 0.1) is 17.6 Å². The maximum absolute atomic E-state index is 13.9. The lowest BCUT2D eigenvalue weighted by molar-refractivity contribution is -0.157. The summed E-state index contributed by atoms with van der Waals surface area (Å²) in [6, 6.07) is 8.70. The molecule has 2 fully saturated rings. The van der Waals surface area contributed by atoms with Crippen LogP contribution in [0.5, 0.6) is 0 Å². The standard InChI is InChI=1S/C27H31FN2O2/c28-26-18-23(11-12-24(26)19-30)21-13-15-25(16-14-21)32-27(31)22-9-7-20(8-10-22)6-4-2-1-3-5-17-29/h1-3,5,11-12,18,20-22,25H,4,6-10,13-16H2/t20-,21-,22-,25-. The van der Waals surface area contributed by atoms with Crippen molar-refractivity contribution < 1.29 is 13.9 Å². The van der Waals surface area contributed by atoms with E-state index in [2.05, 4.69) is 6.08 Å². The molecule has 0 N–H and O–H groups in total. The lowest BCUT2D eigenvalue weighted by Crippen LogP contribution is -2.29. The van der Waals surface area contributed by atoms with Gasteiger partial charge in [0.15, 0.2) is 0 Å². The van der Waals surface area contributed by atoms with Gasteiger partial charge in [-0.25, -0.2) is 4.39 Å². The van der Waals surface area contributed by atoms with Crippen molar-refractivity contribution in [3.63, 3.8) is 0 Å². The van der Waals surface area contributed by atoms with E-state index in [4.69, 9.17) is 15.3 Å². The van der Waals surface area contributed by atoms with Crippen molar-refractivity contribution in [2.24, 2.45) is 11.8 Å². The average molecular weight is 435 g/mol. The number of benzene rings is 1. The predicted octanol–water partition coefficient (Wildman–Crippen LogP) is 6.49.